The first-order valence-corrected chi connectivity index (χ1v) is 6.39. The number of benzene rings is 1. The Bertz CT molecular complexity index is 601. The number of pyridine rings is 1. The van der Waals surface area contributed by atoms with Crippen molar-refractivity contribution < 1.29 is 9.90 Å². The molecule has 1 heterocycles. The Balaban J connectivity index is 2.40. The first kappa shape index (κ1) is 12.9. The number of halogens is 1. The van der Waals surface area contributed by atoms with Gasteiger partial charge in [-0.05, 0) is 36.8 Å². The lowest BCUT2D eigenvalue weighted by Gasteiger charge is -2.07. The molecule has 0 bridgehead atoms. The highest BCUT2D eigenvalue weighted by molar-refractivity contribution is 7.99. The van der Waals surface area contributed by atoms with E-state index in [1.807, 2.05) is 19.1 Å². The number of hydrogen-bond acceptors (Lipinski definition) is 3. The molecule has 18 heavy (non-hydrogen) atoms. The van der Waals surface area contributed by atoms with Crippen molar-refractivity contribution in [3.05, 3.63) is 52.7 Å². The fourth-order valence-electron chi connectivity index (χ4n) is 1.42. The minimum absolute atomic E-state index is 0.196. The second kappa shape index (κ2) is 5.42. The van der Waals surface area contributed by atoms with Gasteiger partial charge < -0.3 is 5.11 Å². The molecular formula is C13H10ClNO2S. The third-order valence-corrected chi connectivity index (χ3v) is 3.77. The molecule has 2 rings (SSSR count). The summed E-state index contributed by atoms with van der Waals surface area (Å²) in [5.41, 5.74) is 1.23. The van der Waals surface area contributed by atoms with Crippen LogP contribution in [0.25, 0.3) is 0 Å². The summed E-state index contributed by atoms with van der Waals surface area (Å²) in [7, 11) is 0. The van der Waals surface area contributed by atoms with Crippen molar-refractivity contribution in [2.24, 2.45) is 0 Å². The lowest BCUT2D eigenvalue weighted by molar-refractivity contribution is 0.0692. The zero-order valence-electron chi connectivity index (χ0n) is 9.55. The van der Waals surface area contributed by atoms with E-state index in [1.54, 1.807) is 18.3 Å². The molecule has 1 aromatic heterocycles. The van der Waals surface area contributed by atoms with Gasteiger partial charge in [-0.2, -0.15) is 0 Å². The van der Waals surface area contributed by atoms with Crippen LogP contribution < -0.4 is 0 Å². The summed E-state index contributed by atoms with van der Waals surface area (Å²) < 4.78 is 0. The van der Waals surface area contributed by atoms with Crippen LogP contribution in [0, 0.1) is 6.92 Å². The van der Waals surface area contributed by atoms with E-state index in [2.05, 4.69) is 4.98 Å². The van der Waals surface area contributed by atoms with Gasteiger partial charge >= 0.3 is 5.97 Å². The fraction of sp³-hybridized carbons (Fsp3) is 0.0769. The van der Waals surface area contributed by atoms with Gasteiger partial charge in [-0.3, -0.25) is 0 Å². The first-order chi connectivity index (χ1) is 8.58. The van der Waals surface area contributed by atoms with Crippen molar-refractivity contribution in [1.29, 1.82) is 0 Å². The highest BCUT2D eigenvalue weighted by atomic mass is 35.5. The van der Waals surface area contributed by atoms with Gasteiger partial charge in [-0.25, -0.2) is 9.78 Å². The molecule has 0 radical (unpaired) electrons. The average molecular weight is 280 g/mol. The minimum atomic E-state index is -0.981. The molecule has 5 heteroatoms. The van der Waals surface area contributed by atoms with Gasteiger partial charge in [0.05, 0.1) is 5.56 Å². The van der Waals surface area contributed by atoms with Crippen LogP contribution in [0.15, 0.2) is 46.5 Å². The summed E-state index contributed by atoms with van der Waals surface area (Å²) >= 11 is 7.24. The van der Waals surface area contributed by atoms with Gasteiger partial charge in [-0.15, -0.1) is 0 Å². The van der Waals surface area contributed by atoms with Crippen molar-refractivity contribution in [1.82, 2.24) is 4.98 Å². The van der Waals surface area contributed by atoms with Crippen molar-refractivity contribution in [2.45, 2.75) is 16.8 Å². The highest BCUT2D eigenvalue weighted by Crippen LogP contribution is 2.32. The maximum absolute atomic E-state index is 11.1. The molecule has 0 unspecified atom stereocenters. The molecule has 0 saturated carbocycles. The van der Waals surface area contributed by atoms with Crippen LogP contribution >= 0.6 is 23.4 Å². The molecular weight excluding hydrogens is 270 g/mol. The largest absolute Gasteiger partial charge is 0.478 e. The smallest absolute Gasteiger partial charge is 0.338 e. The lowest BCUT2D eigenvalue weighted by Crippen LogP contribution is -2.00. The molecule has 0 aliphatic heterocycles. The number of aryl methyl sites for hydroxylation is 1. The van der Waals surface area contributed by atoms with E-state index in [9.17, 15) is 4.79 Å². The minimum Gasteiger partial charge on any atom is -0.478 e. The monoisotopic (exact) mass is 279 g/mol. The molecule has 0 saturated heterocycles. The molecule has 92 valence electrons. The van der Waals surface area contributed by atoms with E-state index in [0.717, 1.165) is 10.5 Å². The third-order valence-electron chi connectivity index (χ3n) is 2.36. The number of carboxylic acids is 1. The molecule has 0 aliphatic rings. The van der Waals surface area contributed by atoms with Gasteiger partial charge in [0.25, 0.3) is 0 Å². The Morgan fingerprint density at radius 2 is 2.17 bits per heavy atom. The van der Waals surface area contributed by atoms with E-state index in [4.69, 9.17) is 16.7 Å². The second-order valence-corrected chi connectivity index (χ2v) is 5.14. The van der Waals surface area contributed by atoms with Gasteiger partial charge in [0.1, 0.15) is 5.03 Å². The molecule has 0 amide bonds. The van der Waals surface area contributed by atoms with Crippen molar-refractivity contribution >= 4 is 29.3 Å². The standard InChI is InChI=1S/C13H10ClNO2S/c1-8-4-5-9(14)7-11(8)18-12-10(13(16)17)3-2-6-15-12/h2-7H,1H3,(H,16,17). The lowest BCUT2D eigenvalue weighted by atomic mass is 10.2. The van der Waals surface area contributed by atoms with Crippen molar-refractivity contribution in [2.75, 3.05) is 0 Å². The van der Waals surface area contributed by atoms with Crippen LogP contribution in [0.2, 0.25) is 5.02 Å². The maximum atomic E-state index is 11.1. The van der Waals surface area contributed by atoms with Crippen LogP contribution in [0.5, 0.6) is 0 Å². The van der Waals surface area contributed by atoms with E-state index in [-0.39, 0.29) is 5.56 Å². The third kappa shape index (κ3) is 2.83. The van der Waals surface area contributed by atoms with Gasteiger partial charge in [0.15, 0.2) is 0 Å². The quantitative estimate of drug-likeness (QED) is 0.926. The highest BCUT2D eigenvalue weighted by Gasteiger charge is 2.13. The number of carbonyl (C=O) groups is 1. The first-order valence-electron chi connectivity index (χ1n) is 5.20. The molecule has 2 aromatic rings. The number of carboxylic acid groups (broad SMARTS) is 1. The van der Waals surface area contributed by atoms with Gasteiger partial charge in [0, 0.05) is 16.1 Å². The zero-order valence-corrected chi connectivity index (χ0v) is 11.1. The van der Waals surface area contributed by atoms with Crippen LogP contribution in [-0.4, -0.2) is 16.1 Å². The summed E-state index contributed by atoms with van der Waals surface area (Å²) in [6.45, 7) is 1.95. The molecule has 0 spiro atoms. The Hall–Kier alpha value is -1.52. The number of nitrogens with zero attached hydrogens (tertiary/aromatic N) is 1. The molecule has 0 aliphatic carbocycles. The SMILES string of the molecule is Cc1ccc(Cl)cc1Sc1ncccc1C(=O)O. The normalized spacial score (nSPS) is 10.3. The van der Waals surface area contributed by atoms with E-state index >= 15 is 0 Å². The molecule has 1 aromatic carbocycles. The fourth-order valence-corrected chi connectivity index (χ4v) is 2.66. The van der Waals surface area contributed by atoms with E-state index < -0.39 is 5.97 Å². The summed E-state index contributed by atoms with van der Waals surface area (Å²) in [5, 5.41) is 10.2. The molecule has 1 N–H and O–H groups in total. The van der Waals surface area contributed by atoms with E-state index in [0.29, 0.717) is 10.0 Å². The zero-order chi connectivity index (χ0) is 13.1. The maximum Gasteiger partial charge on any atom is 0.338 e. The summed E-state index contributed by atoms with van der Waals surface area (Å²) in [4.78, 5) is 16.1. The average Bonchev–Trinajstić information content (AvgIpc) is 2.34. The van der Waals surface area contributed by atoms with Gasteiger partial charge in [0.2, 0.25) is 0 Å². The Kier molecular flexibility index (Phi) is 3.89. The number of rotatable bonds is 3. The summed E-state index contributed by atoms with van der Waals surface area (Å²) in [5.74, 6) is -0.981. The van der Waals surface area contributed by atoms with Crippen molar-refractivity contribution in [3.8, 4) is 0 Å². The van der Waals surface area contributed by atoms with Crippen LogP contribution in [0.4, 0.5) is 0 Å². The number of aromatic nitrogens is 1. The van der Waals surface area contributed by atoms with Crippen LogP contribution in [0.1, 0.15) is 15.9 Å². The Morgan fingerprint density at radius 1 is 1.39 bits per heavy atom. The second-order valence-electron chi connectivity index (χ2n) is 3.67. The van der Waals surface area contributed by atoms with Gasteiger partial charge in [-0.1, -0.05) is 29.4 Å². The number of hydrogen-bond donors (Lipinski definition) is 1. The van der Waals surface area contributed by atoms with Crippen LogP contribution in [0.3, 0.4) is 0 Å². The van der Waals surface area contributed by atoms with Crippen LogP contribution in [-0.2, 0) is 0 Å². The Labute approximate surface area is 114 Å². The van der Waals surface area contributed by atoms with Crippen molar-refractivity contribution in [3.63, 3.8) is 0 Å². The molecule has 3 nitrogen and oxygen atoms in total. The number of aromatic carboxylic acids is 1. The summed E-state index contributed by atoms with van der Waals surface area (Å²) in [6.07, 6.45) is 1.58. The molecule has 0 fully saturated rings. The predicted octanol–water partition coefficient (Wildman–Crippen LogP) is 3.89. The summed E-state index contributed by atoms with van der Waals surface area (Å²) in [6, 6.07) is 8.66. The Morgan fingerprint density at radius 3 is 2.89 bits per heavy atom. The topological polar surface area (TPSA) is 50.2 Å². The van der Waals surface area contributed by atoms with E-state index in [1.165, 1.54) is 17.8 Å². The molecule has 0 atom stereocenters. The predicted molar refractivity (Wildman–Crippen MR) is 71.5 cm³/mol.